The topological polar surface area (TPSA) is 92.5 Å². The van der Waals surface area contributed by atoms with Crippen LogP contribution in [0.3, 0.4) is 0 Å². The minimum atomic E-state index is -5.08. The van der Waals surface area contributed by atoms with Gasteiger partial charge in [0.05, 0.1) is 16.3 Å². The zero-order chi connectivity index (χ0) is 24.8. The van der Waals surface area contributed by atoms with Crippen molar-refractivity contribution >= 4 is 27.1 Å². The van der Waals surface area contributed by atoms with Crippen molar-refractivity contribution in [3.63, 3.8) is 0 Å². The molecule has 2 aliphatic heterocycles. The number of benzene rings is 1. The van der Waals surface area contributed by atoms with Crippen LogP contribution in [0.2, 0.25) is 0 Å². The summed E-state index contributed by atoms with van der Waals surface area (Å²) in [6.45, 7) is 4.37. The molecule has 12 heteroatoms. The first kappa shape index (κ1) is 24.4. The SMILES string of the molecule is Cc1ccsc1CN1CC2c3cc(-c4cnn(C)c4)ccc3S(=O)(=O)C2C1.O=C(O)C(F)(F)F. The van der Waals surface area contributed by atoms with Crippen molar-refractivity contribution in [2.75, 3.05) is 13.1 Å². The van der Waals surface area contributed by atoms with Gasteiger partial charge in [0.2, 0.25) is 0 Å². The summed E-state index contributed by atoms with van der Waals surface area (Å²) < 4.78 is 59.7. The van der Waals surface area contributed by atoms with E-state index in [-0.39, 0.29) is 11.2 Å². The Hall–Kier alpha value is -2.70. The zero-order valence-corrected chi connectivity index (χ0v) is 19.9. The number of hydrogen-bond acceptors (Lipinski definition) is 6. The van der Waals surface area contributed by atoms with E-state index in [2.05, 4.69) is 34.4 Å². The van der Waals surface area contributed by atoms with E-state index in [1.807, 2.05) is 25.5 Å². The number of hydrogen-bond donors (Lipinski definition) is 1. The van der Waals surface area contributed by atoms with Crippen LogP contribution in [0.25, 0.3) is 11.1 Å². The van der Waals surface area contributed by atoms with Crippen molar-refractivity contribution in [1.82, 2.24) is 14.7 Å². The summed E-state index contributed by atoms with van der Waals surface area (Å²) in [5.74, 6) is -2.70. The predicted octanol–water partition coefficient (Wildman–Crippen LogP) is 3.85. The third-order valence-corrected chi connectivity index (χ3v) is 9.34. The Morgan fingerprint density at radius 1 is 1.24 bits per heavy atom. The van der Waals surface area contributed by atoms with E-state index in [1.165, 1.54) is 10.4 Å². The Bertz CT molecular complexity index is 1330. The smallest absolute Gasteiger partial charge is 0.475 e. The first-order chi connectivity index (χ1) is 15.9. The van der Waals surface area contributed by atoms with E-state index < -0.39 is 22.0 Å². The van der Waals surface area contributed by atoms with E-state index in [0.29, 0.717) is 11.4 Å². The number of rotatable bonds is 3. The molecule has 34 heavy (non-hydrogen) atoms. The molecule has 1 N–H and O–H groups in total. The number of nitrogens with zero attached hydrogens (tertiary/aromatic N) is 3. The normalized spacial score (nSPS) is 21.0. The molecule has 0 aliphatic carbocycles. The molecular weight excluding hydrogens is 491 g/mol. The van der Waals surface area contributed by atoms with Gasteiger partial charge in [-0.05, 0) is 47.2 Å². The lowest BCUT2D eigenvalue weighted by molar-refractivity contribution is -0.192. The van der Waals surface area contributed by atoms with Crippen LogP contribution in [0.15, 0.2) is 46.9 Å². The molecule has 1 fully saturated rings. The summed E-state index contributed by atoms with van der Waals surface area (Å²) in [4.78, 5) is 13.0. The van der Waals surface area contributed by atoms with Crippen LogP contribution < -0.4 is 0 Å². The van der Waals surface area contributed by atoms with Gasteiger partial charge in [0.1, 0.15) is 0 Å². The van der Waals surface area contributed by atoms with Crippen LogP contribution in [0.4, 0.5) is 13.2 Å². The van der Waals surface area contributed by atoms with Crippen LogP contribution in [0, 0.1) is 6.92 Å². The summed E-state index contributed by atoms with van der Waals surface area (Å²) in [7, 11) is -1.37. The van der Waals surface area contributed by atoms with Gasteiger partial charge in [-0.3, -0.25) is 9.58 Å². The van der Waals surface area contributed by atoms with E-state index >= 15 is 0 Å². The molecule has 0 spiro atoms. The lowest BCUT2D eigenvalue weighted by Gasteiger charge is -2.17. The van der Waals surface area contributed by atoms with Crippen molar-refractivity contribution < 1.29 is 31.5 Å². The standard InChI is InChI=1S/C20H21N3O2S2.C2HF3O2/c1-13-5-6-26-18(13)11-23-10-17-16-7-14(15-8-21-22(2)9-15)3-4-19(16)27(24,25)20(17)12-23;3-2(4,5)1(6)7/h3-9,17,20H,10-12H2,1-2H3;(H,6,7). The lowest BCUT2D eigenvalue weighted by Crippen LogP contribution is -2.25. The molecule has 4 heterocycles. The number of alkyl halides is 3. The highest BCUT2D eigenvalue weighted by atomic mass is 32.2. The van der Waals surface area contributed by atoms with Gasteiger partial charge in [-0.15, -0.1) is 11.3 Å². The largest absolute Gasteiger partial charge is 0.490 e. The second-order valence-electron chi connectivity index (χ2n) is 8.37. The molecule has 0 radical (unpaired) electrons. The van der Waals surface area contributed by atoms with Gasteiger partial charge in [0.25, 0.3) is 0 Å². The molecule has 2 atom stereocenters. The first-order valence-electron chi connectivity index (χ1n) is 10.3. The number of aromatic nitrogens is 2. The number of carbonyl (C=O) groups is 1. The van der Waals surface area contributed by atoms with E-state index in [4.69, 9.17) is 9.90 Å². The van der Waals surface area contributed by atoms with Gasteiger partial charge in [-0.25, -0.2) is 13.2 Å². The van der Waals surface area contributed by atoms with Gasteiger partial charge in [0.15, 0.2) is 9.84 Å². The fraction of sp³-hybridized carbons (Fsp3) is 0.364. The molecule has 1 saturated heterocycles. The molecule has 3 aromatic rings. The molecule has 2 aliphatic rings. The lowest BCUT2D eigenvalue weighted by atomic mass is 9.95. The Balaban J connectivity index is 0.000000344. The minimum absolute atomic E-state index is 0.0573. The highest BCUT2D eigenvalue weighted by Gasteiger charge is 2.50. The molecule has 0 bridgehead atoms. The number of carboxylic acids is 1. The maximum atomic E-state index is 13.1. The molecule has 1 aromatic carbocycles. The summed E-state index contributed by atoms with van der Waals surface area (Å²) >= 11 is 1.75. The second kappa shape index (κ2) is 8.82. The Morgan fingerprint density at radius 3 is 2.50 bits per heavy atom. The van der Waals surface area contributed by atoms with Crippen molar-refractivity contribution in [3.8, 4) is 11.1 Å². The average molecular weight is 514 g/mol. The number of fused-ring (bicyclic) bond motifs is 3. The van der Waals surface area contributed by atoms with Gasteiger partial charge in [-0.1, -0.05) is 6.07 Å². The Labute approximate surface area is 198 Å². The molecular formula is C22H22F3N3O4S2. The van der Waals surface area contributed by atoms with Crippen LogP contribution in [0.5, 0.6) is 0 Å². The van der Waals surface area contributed by atoms with Crippen molar-refractivity contribution in [3.05, 3.63) is 58.0 Å². The van der Waals surface area contributed by atoms with Crippen molar-refractivity contribution in [2.24, 2.45) is 7.05 Å². The molecule has 0 amide bonds. The number of aryl methyl sites for hydroxylation is 2. The first-order valence-corrected chi connectivity index (χ1v) is 12.7. The maximum Gasteiger partial charge on any atom is 0.490 e. The minimum Gasteiger partial charge on any atom is -0.475 e. The van der Waals surface area contributed by atoms with E-state index in [9.17, 15) is 21.6 Å². The Kier molecular flexibility index (Phi) is 6.34. The number of likely N-dealkylation sites (tertiary alicyclic amines) is 1. The van der Waals surface area contributed by atoms with E-state index in [1.54, 1.807) is 22.1 Å². The monoisotopic (exact) mass is 513 g/mol. The summed E-state index contributed by atoms with van der Waals surface area (Å²) in [5, 5.41) is 13.1. The van der Waals surface area contributed by atoms with Crippen molar-refractivity contribution in [2.45, 2.75) is 35.7 Å². The van der Waals surface area contributed by atoms with E-state index in [0.717, 1.165) is 29.8 Å². The second-order valence-corrected chi connectivity index (χ2v) is 11.5. The van der Waals surface area contributed by atoms with Crippen LogP contribution >= 0.6 is 11.3 Å². The average Bonchev–Trinajstić information content (AvgIpc) is 3.51. The predicted molar refractivity (Wildman–Crippen MR) is 120 cm³/mol. The summed E-state index contributed by atoms with van der Waals surface area (Å²) in [6.07, 6.45) is -1.30. The molecule has 0 saturated carbocycles. The van der Waals surface area contributed by atoms with Crippen molar-refractivity contribution in [1.29, 1.82) is 0 Å². The molecule has 5 rings (SSSR count). The Morgan fingerprint density at radius 2 is 1.94 bits per heavy atom. The highest BCUT2D eigenvalue weighted by Crippen LogP contribution is 2.46. The van der Waals surface area contributed by atoms with Crippen LogP contribution in [-0.2, 0) is 28.2 Å². The number of sulfone groups is 1. The number of thiophene rings is 1. The number of halogens is 3. The zero-order valence-electron chi connectivity index (χ0n) is 18.3. The quantitative estimate of drug-likeness (QED) is 0.572. The third-order valence-electron chi connectivity index (χ3n) is 6.07. The van der Waals surface area contributed by atoms with Crippen LogP contribution in [-0.4, -0.2) is 58.7 Å². The molecule has 2 aromatic heterocycles. The van der Waals surface area contributed by atoms with Gasteiger partial charge >= 0.3 is 12.1 Å². The molecule has 7 nitrogen and oxygen atoms in total. The fourth-order valence-corrected chi connectivity index (χ4v) is 7.52. The fourth-order valence-electron chi connectivity index (χ4n) is 4.37. The summed E-state index contributed by atoms with van der Waals surface area (Å²) in [5.41, 5.74) is 4.32. The maximum absolute atomic E-state index is 13.1. The van der Waals surface area contributed by atoms with Gasteiger partial charge < -0.3 is 5.11 Å². The molecule has 182 valence electrons. The van der Waals surface area contributed by atoms with Crippen LogP contribution in [0.1, 0.15) is 21.9 Å². The summed E-state index contributed by atoms with van der Waals surface area (Å²) in [6, 6.07) is 7.89. The molecule has 2 unspecified atom stereocenters. The number of aliphatic carboxylic acids is 1. The van der Waals surface area contributed by atoms with Gasteiger partial charge in [-0.2, -0.15) is 18.3 Å². The third kappa shape index (κ3) is 4.62. The number of carboxylic acid groups (broad SMARTS) is 1. The van der Waals surface area contributed by atoms with Gasteiger partial charge in [0, 0.05) is 49.2 Å². The highest BCUT2D eigenvalue weighted by molar-refractivity contribution is 7.92.